The fourth-order valence-electron chi connectivity index (χ4n) is 2.85. The molecule has 2 nitrogen and oxygen atoms in total. The highest BCUT2D eigenvalue weighted by Crippen LogP contribution is 2.43. The number of ketones is 1. The van der Waals surface area contributed by atoms with E-state index in [1.807, 2.05) is 18.2 Å². The maximum atomic E-state index is 12.5. The van der Waals surface area contributed by atoms with Crippen molar-refractivity contribution in [3.63, 3.8) is 0 Å². The molecule has 2 atom stereocenters. The van der Waals surface area contributed by atoms with E-state index < -0.39 is 8.32 Å². The Morgan fingerprint density at radius 2 is 1.77 bits per heavy atom. The van der Waals surface area contributed by atoms with Crippen molar-refractivity contribution in [1.82, 2.24) is 0 Å². The minimum absolute atomic E-state index is 0.0327. The Labute approximate surface area is 136 Å². The number of carbonyl (C=O) groups is 1. The molecule has 0 spiro atoms. The lowest BCUT2D eigenvalue weighted by Gasteiger charge is -2.42. The maximum Gasteiger partial charge on any atom is 0.192 e. The molecular formula is C19H30O2Si. The second-order valence-corrected chi connectivity index (χ2v) is 12.8. The van der Waals surface area contributed by atoms with Crippen LogP contribution in [0.3, 0.4) is 0 Å². The lowest BCUT2D eigenvalue weighted by atomic mass is 9.82. The molecule has 0 amide bonds. The van der Waals surface area contributed by atoms with Crippen molar-refractivity contribution in [2.75, 3.05) is 0 Å². The molecule has 0 radical (unpaired) electrons. The summed E-state index contributed by atoms with van der Waals surface area (Å²) in [5.41, 5.74) is 1.16. The van der Waals surface area contributed by atoms with Crippen LogP contribution >= 0.6 is 0 Å². The zero-order valence-corrected chi connectivity index (χ0v) is 15.7. The first-order valence-electron chi connectivity index (χ1n) is 8.48. The normalized spacial score (nSPS) is 21.7. The average Bonchev–Trinajstić information content (AvgIpc) is 2.45. The van der Waals surface area contributed by atoms with Gasteiger partial charge in [0.2, 0.25) is 0 Å². The third-order valence-corrected chi connectivity index (χ3v) is 9.78. The van der Waals surface area contributed by atoms with Gasteiger partial charge >= 0.3 is 0 Å². The molecule has 1 aliphatic rings. The van der Waals surface area contributed by atoms with E-state index in [-0.39, 0.29) is 17.1 Å². The Kier molecular flexibility index (Phi) is 5.28. The Bertz CT molecular complexity index is 502. The number of hydrogen-bond donors (Lipinski definition) is 0. The fourth-order valence-corrected chi connectivity index (χ4v) is 4.14. The zero-order chi connectivity index (χ0) is 16.4. The van der Waals surface area contributed by atoms with Gasteiger partial charge in [-0.2, -0.15) is 0 Å². The molecule has 22 heavy (non-hydrogen) atoms. The molecule has 3 heteroatoms. The summed E-state index contributed by atoms with van der Waals surface area (Å²) in [6.45, 7) is 11.3. The van der Waals surface area contributed by atoms with Gasteiger partial charge in [0.05, 0.1) is 6.10 Å². The summed E-state index contributed by atoms with van der Waals surface area (Å²) in [6.07, 6.45) is 3.79. The summed E-state index contributed by atoms with van der Waals surface area (Å²) < 4.78 is 6.72. The molecule has 1 saturated carbocycles. The van der Waals surface area contributed by atoms with Crippen LogP contribution in [0.15, 0.2) is 30.3 Å². The Morgan fingerprint density at radius 3 is 2.32 bits per heavy atom. The highest BCUT2D eigenvalue weighted by Gasteiger charge is 2.42. The molecule has 1 aromatic carbocycles. The Hall–Kier alpha value is -0.933. The van der Waals surface area contributed by atoms with Crippen LogP contribution in [-0.2, 0) is 9.22 Å². The summed E-state index contributed by atoms with van der Waals surface area (Å²) in [4.78, 5) is 12.5. The van der Waals surface area contributed by atoms with Crippen LogP contribution in [-0.4, -0.2) is 14.1 Å². The van der Waals surface area contributed by atoms with Crippen molar-refractivity contribution in [1.29, 1.82) is 0 Å². The molecule has 1 fully saturated rings. The predicted molar refractivity (Wildman–Crippen MR) is 94.4 cm³/mol. The number of Topliss-reactive ketones (excluding diaryl/α,β-unsaturated/α-hetero) is 1. The van der Waals surface area contributed by atoms with E-state index in [0.29, 0.717) is 5.78 Å². The Balaban J connectivity index is 2.32. The molecular weight excluding hydrogens is 288 g/mol. The minimum Gasteiger partial charge on any atom is -0.409 e. The molecule has 122 valence electrons. The van der Waals surface area contributed by atoms with Crippen LogP contribution < -0.4 is 0 Å². The molecule has 1 aliphatic carbocycles. The van der Waals surface area contributed by atoms with E-state index in [9.17, 15) is 4.79 Å². The third kappa shape index (κ3) is 3.88. The van der Waals surface area contributed by atoms with Crippen molar-refractivity contribution >= 4 is 14.1 Å². The number of carbonyl (C=O) groups excluding carboxylic acids is 1. The largest absolute Gasteiger partial charge is 0.409 e. The van der Waals surface area contributed by atoms with Gasteiger partial charge in [-0.1, -0.05) is 57.5 Å². The summed E-state index contributed by atoms with van der Waals surface area (Å²) in [5, 5.41) is 0.151. The van der Waals surface area contributed by atoms with Gasteiger partial charge in [-0.05, 0) is 36.5 Å². The van der Waals surface area contributed by atoms with Gasteiger partial charge in [0.15, 0.2) is 8.32 Å². The third-order valence-electron chi connectivity index (χ3n) is 5.32. The highest BCUT2D eigenvalue weighted by atomic mass is 28.4. The van der Waals surface area contributed by atoms with Gasteiger partial charge in [-0.25, -0.2) is 0 Å². The molecule has 0 unspecified atom stereocenters. The van der Waals surface area contributed by atoms with Crippen molar-refractivity contribution in [3.8, 4) is 0 Å². The lowest BCUT2D eigenvalue weighted by molar-refractivity contribution is -0.128. The summed E-state index contributed by atoms with van der Waals surface area (Å²) in [6, 6.07) is 10.3. The Morgan fingerprint density at radius 1 is 1.14 bits per heavy atom. The molecule has 2 rings (SSSR count). The van der Waals surface area contributed by atoms with Crippen LogP contribution in [0.1, 0.15) is 58.1 Å². The van der Waals surface area contributed by atoms with Crippen molar-refractivity contribution in [3.05, 3.63) is 35.9 Å². The second kappa shape index (κ2) is 6.67. The van der Waals surface area contributed by atoms with Gasteiger partial charge in [0, 0.05) is 12.3 Å². The van der Waals surface area contributed by atoms with E-state index in [0.717, 1.165) is 31.2 Å². The second-order valence-electron chi connectivity index (χ2n) is 8.03. The first-order chi connectivity index (χ1) is 10.2. The topological polar surface area (TPSA) is 26.3 Å². The fraction of sp³-hybridized carbons (Fsp3) is 0.632. The van der Waals surface area contributed by atoms with Crippen LogP contribution in [0, 0.1) is 5.92 Å². The van der Waals surface area contributed by atoms with E-state index in [4.69, 9.17) is 4.43 Å². The average molecular weight is 319 g/mol. The van der Waals surface area contributed by atoms with Gasteiger partial charge in [0.1, 0.15) is 5.78 Å². The summed E-state index contributed by atoms with van der Waals surface area (Å²) in [7, 11) is -1.92. The first kappa shape index (κ1) is 17.4. The van der Waals surface area contributed by atoms with E-state index in [1.54, 1.807) is 0 Å². The van der Waals surface area contributed by atoms with Gasteiger partial charge in [0.25, 0.3) is 0 Å². The van der Waals surface area contributed by atoms with Gasteiger partial charge < -0.3 is 4.43 Å². The number of rotatable bonds is 4. The molecule has 0 aliphatic heterocycles. The summed E-state index contributed by atoms with van der Waals surface area (Å²) in [5.74, 6) is 0.420. The minimum atomic E-state index is -1.92. The zero-order valence-electron chi connectivity index (χ0n) is 14.7. The van der Waals surface area contributed by atoms with Crippen LogP contribution in [0.4, 0.5) is 0 Å². The SMILES string of the molecule is CC(C)(C)[Si](C)(C)O[C@@H](c1ccccc1)[C@H]1CCCCC1=O. The molecule has 1 aromatic rings. The van der Waals surface area contributed by atoms with Crippen molar-refractivity contribution in [2.45, 2.75) is 70.7 Å². The van der Waals surface area contributed by atoms with Gasteiger partial charge in [-0.3, -0.25) is 4.79 Å². The van der Waals surface area contributed by atoms with E-state index in [1.165, 1.54) is 0 Å². The monoisotopic (exact) mass is 318 g/mol. The van der Waals surface area contributed by atoms with E-state index in [2.05, 4.69) is 46.0 Å². The van der Waals surface area contributed by atoms with Crippen LogP contribution in [0.5, 0.6) is 0 Å². The maximum absolute atomic E-state index is 12.5. The predicted octanol–water partition coefficient (Wildman–Crippen LogP) is 5.51. The van der Waals surface area contributed by atoms with Crippen molar-refractivity contribution in [2.24, 2.45) is 5.92 Å². The number of benzene rings is 1. The highest BCUT2D eigenvalue weighted by molar-refractivity contribution is 6.74. The standard InChI is InChI=1S/C19H30O2Si/c1-19(2,3)22(4,5)21-18(15-11-7-6-8-12-15)16-13-9-10-14-17(16)20/h6-8,11-12,16,18H,9-10,13-14H2,1-5H3/t16-,18-/m0/s1. The molecule has 0 saturated heterocycles. The van der Waals surface area contributed by atoms with Crippen LogP contribution in [0.2, 0.25) is 18.1 Å². The quantitative estimate of drug-likeness (QED) is 0.684. The molecule has 0 bridgehead atoms. The molecule has 0 heterocycles. The molecule has 0 N–H and O–H groups in total. The van der Waals surface area contributed by atoms with E-state index >= 15 is 0 Å². The molecule has 0 aromatic heterocycles. The lowest BCUT2D eigenvalue weighted by Crippen LogP contribution is -2.44. The number of hydrogen-bond acceptors (Lipinski definition) is 2. The van der Waals surface area contributed by atoms with Crippen LogP contribution in [0.25, 0.3) is 0 Å². The van der Waals surface area contributed by atoms with Gasteiger partial charge in [-0.15, -0.1) is 0 Å². The summed E-state index contributed by atoms with van der Waals surface area (Å²) >= 11 is 0. The van der Waals surface area contributed by atoms with Crippen molar-refractivity contribution < 1.29 is 9.22 Å². The smallest absolute Gasteiger partial charge is 0.192 e. The first-order valence-corrected chi connectivity index (χ1v) is 11.4.